The van der Waals surface area contributed by atoms with Crippen LogP contribution in [0.5, 0.6) is 5.75 Å². The zero-order valence-electron chi connectivity index (χ0n) is 6.67. The SMILES string of the molecule is Cc1c(OC(N)=O)cnc(Cl)c1F. The molecule has 1 rings (SSSR count). The van der Waals surface area contributed by atoms with Gasteiger partial charge >= 0.3 is 6.09 Å². The molecule has 4 nitrogen and oxygen atoms in total. The smallest absolute Gasteiger partial charge is 0.408 e. The Morgan fingerprint density at radius 1 is 1.77 bits per heavy atom. The van der Waals surface area contributed by atoms with Crippen LogP contribution >= 0.6 is 11.6 Å². The number of carbonyl (C=O) groups excluding carboxylic acids is 1. The van der Waals surface area contributed by atoms with Crippen molar-refractivity contribution in [2.75, 3.05) is 0 Å². The van der Waals surface area contributed by atoms with Crippen molar-refractivity contribution in [1.29, 1.82) is 0 Å². The van der Waals surface area contributed by atoms with Gasteiger partial charge in [0.05, 0.1) is 6.20 Å². The lowest BCUT2D eigenvalue weighted by atomic mass is 10.3. The molecule has 1 amide bonds. The van der Waals surface area contributed by atoms with Crippen molar-refractivity contribution in [3.05, 3.63) is 22.7 Å². The van der Waals surface area contributed by atoms with Gasteiger partial charge in [0.1, 0.15) is 0 Å². The first-order chi connectivity index (χ1) is 6.02. The second-order valence-corrected chi connectivity index (χ2v) is 2.63. The number of ether oxygens (including phenoxy) is 1. The van der Waals surface area contributed by atoms with Crippen molar-refractivity contribution in [3.8, 4) is 5.75 Å². The van der Waals surface area contributed by atoms with Crippen LogP contribution in [0.2, 0.25) is 5.15 Å². The highest BCUT2D eigenvalue weighted by Gasteiger charge is 2.11. The van der Waals surface area contributed by atoms with Gasteiger partial charge in [0.25, 0.3) is 0 Å². The molecule has 13 heavy (non-hydrogen) atoms. The lowest BCUT2D eigenvalue weighted by Crippen LogP contribution is -2.17. The van der Waals surface area contributed by atoms with E-state index in [0.717, 1.165) is 6.20 Å². The average molecular weight is 205 g/mol. The fourth-order valence-electron chi connectivity index (χ4n) is 0.743. The van der Waals surface area contributed by atoms with Crippen LogP contribution in [0.4, 0.5) is 9.18 Å². The number of hydrogen-bond donors (Lipinski definition) is 1. The van der Waals surface area contributed by atoms with Gasteiger partial charge in [0, 0.05) is 5.56 Å². The summed E-state index contributed by atoms with van der Waals surface area (Å²) in [5.74, 6) is -0.755. The fraction of sp³-hybridized carbons (Fsp3) is 0.143. The van der Waals surface area contributed by atoms with Crippen molar-refractivity contribution < 1.29 is 13.9 Å². The molecular weight excluding hydrogens is 199 g/mol. The van der Waals surface area contributed by atoms with E-state index >= 15 is 0 Å². The van der Waals surface area contributed by atoms with E-state index in [-0.39, 0.29) is 16.5 Å². The Bertz CT molecular complexity index is 357. The van der Waals surface area contributed by atoms with Crippen LogP contribution in [0.25, 0.3) is 0 Å². The second-order valence-electron chi connectivity index (χ2n) is 2.27. The molecule has 0 saturated heterocycles. The Morgan fingerprint density at radius 3 is 2.92 bits per heavy atom. The number of nitrogens with zero attached hydrogens (tertiary/aromatic N) is 1. The molecule has 0 bridgehead atoms. The molecule has 0 radical (unpaired) electrons. The first-order valence-electron chi connectivity index (χ1n) is 3.30. The number of halogens is 2. The first kappa shape index (κ1) is 9.73. The van der Waals surface area contributed by atoms with Gasteiger partial charge < -0.3 is 10.5 Å². The molecule has 0 saturated carbocycles. The Labute approximate surface area is 78.5 Å². The molecule has 1 heterocycles. The fourth-order valence-corrected chi connectivity index (χ4v) is 0.933. The van der Waals surface area contributed by atoms with Crippen LogP contribution in [-0.4, -0.2) is 11.1 Å². The standard InChI is InChI=1S/C7H6ClFN2O2/c1-3-4(13-7(10)12)2-11-6(8)5(3)9/h2H,1H3,(H2,10,12). The molecule has 0 aliphatic carbocycles. The van der Waals surface area contributed by atoms with Gasteiger partial charge in [-0.25, -0.2) is 14.2 Å². The number of pyridine rings is 1. The predicted octanol–water partition coefficient (Wildman–Crippen LogP) is 1.64. The first-order valence-corrected chi connectivity index (χ1v) is 3.68. The average Bonchev–Trinajstić information content (AvgIpc) is 2.06. The minimum Gasteiger partial charge on any atom is -0.408 e. The summed E-state index contributed by atoms with van der Waals surface area (Å²) in [5, 5.41) is -0.269. The van der Waals surface area contributed by atoms with Gasteiger partial charge in [-0.15, -0.1) is 0 Å². The molecule has 0 atom stereocenters. The van der Waals surface area contributed by atoms with E-state index in [1.165, 1.54) is 6.92 Å². The van der Waals surface area contributed by atoms with Gasteiger partial charge in [-0.05, 0) is 6.92 Å². The molecule has 6 heteroatoms. The van der Waals surface area contributed by atoms with E-state index in [9.17, 15) is 9.18 Å². The van der Waals surface area contributed by atoms with Crippen LogP contribution in [0.1, 0.15) is 5.56 Å². The number of carbonyl (C=O) groups is 1. The topological polar surface area (TPSA) is 65.2 Å². The van der Waals surface area contributed by atoms with E-state index in [4.69, 9.17) is 17.3 Å². The number of hydrogen-bond acceptors (Lipinski definition) is 3. The second kappa shape index (κ2) is 3.57. The Kier molecular flexibility index (Phi) is 2.67. The number of nitrogens with two attached hydrogens (primary N) is 1. The molecule has 1 aromatic rings. The molecule has 1 aromatic heterocycles. The molecule has 0 aliphatic rings. The zero-order chi connectivity index (χ0) is 10.0. The van der Waals surface area contributed by atoms with E-state index in [0.29, 0.717) is 0 Å². The molecule has 0 unspecified atom stereocenters. The van der Waals surface area contributed by atoms with E-state index in [1.54, 1.807) is 0 Å². The van der Waals surface area contributed by atoms with Gasteiger partial charge in [-0.1, -0.05) is 11.6 Å². The van der Waals surface area contributed by atoms with Crippen molar-refractivity contribution >= 4 is 17.7 Å². The van der Waals surface area contributed by atoms with E-state index in [1.807, 2.05) is 0 Å². The van der Waals surface area contributed by atoms with Crippen molar-refractivity contribution in [2.45, 2.75) is 6.92 Å². The Morgan fingerprint density at radius 2 is 2.38 bits per heavy atom. The number of aromatic nitrogens is 1. The van der Waals surface area contributed by atoms with Gasteiger partial charge in [0.2, 0.25) is 0 Å². The summed E-state index contributed by atoms with van der Waals surface area (Å²) < 4.78 is 17.5. The summed E-state index contributed by atoms with van der Waals surface area (Å²) in [7, 11) is 0. The Balaban J connectivity index is 3.10. The molecule has 0 aliphatic heterocycles. The minimum absolute atomic E-state index is 0.0330. The van der Waals surface area contributed by atoms with Gasteiger partial charge in [-0.3, -0.25) is 0 Å². The van der Waals surface area contributed by atoms with Crippen molar-refractivity contribution in [2.24, 2.45) is 5.73 Å². The lowest BCUT2D eigenvalue weighted by Gasteiger charge is -2.05. The normalized spacial score (nSPS) is 9.77. The highest BCUT2D eigenvalue weighted by Crippen LogP contribution is 2.23. The third-order valence-electron chi connectivity index (χ3n) is 1.39. The van der Waals surface area contributed by atoms with Crippen LogP contribution in [-0.2, 0) is 0 Å². The van der Waals surface area contributed by atoms with Crippen molar-refractivity contribution in [1.82, 2.24) is 4.98 Å². The molecule has 70 valence electrons. The monoisotopic (exact) mass is 204 g/mol. The largest absolute Gasteiger partial charge is 0.410 e. The third-order valence-corrected chi connectivity index (χ3v) is 1.65. The summed E-state index contributed by atoms with van der Waals surface area (Å²) >= 11 is 5.36. The highest BCUT2D eigenvalue weighted by molar-refractivity contribution is 6.29. The zero-order valence-corrected chi connectivity index (χ0v) is 7.43. The maximum absolute atomic E-state index is 13.0. The molecule has 2 N–H and O–H groups in total. The van der Waals surface area contributed by atoms with E-state index < -0.39 is 11.9 Å². The van der Waals surface area contributed by atoms with Crippen LogP contribution in [0.3, 0.4) is 0 Å². The maximum Gasteiger partial charge on any atom is 0.410 e. The molecule has 0 aromatic carbocycles. The third kappa shape index (κ3) is 2.06. The van der Waals surface area contributed by atoms with Crippen LogP contribution < -0.4 is 10.5 Å². The quantitative estimate of drug-likeness (QED) is 0.708. The predicted molar refractivity (Wildman–Crippen MR) is 44.2 cm³/mol. The summed E-state index contributed by atoms with van der Waals surface area (Å²) in [6.07, 6.45) is 0.109. The van der Waals surface area contributed by atoms with Gasteiger partial charge in [-0.2, -0.15) is 0 Å². The maximum atomic E-state index is 13.0. The minimum atomic E-state index is -1.02. The number of amides is 1. The van der Waals surface area contributed by atoms with Crippen LogP contribution in [0, 0.1) is 12.7 Å². The number of rotatable bonds is 1. The van der Waals surface area contributed by atoms with Gasteiger partial charge in [0.15, 0.2) is 16.7 Å². The molecule has 0 fully saturated rings. The summed E-state index contributed by atoms with van der Waals surface area (Å²) in [4.78, 5) is 13.8. The van der Waals surface area contributed by atoms with Crippen molar-refractivity contribution in [3.63, 3.8) is 0 Å². The summed E-state index contributed by atoms with van der Waals surface area (Å²) in [5.41, 5.74) is 4.83. The molecule has 0 spiro atoms. The van der Waals surface area contributed by atoms with E-state index in [2.05, 4.69) is 9.72 Å². The highest BCUT2D eigenvalue weighted by atomic mass is 35.5. The van der Waals surface area contributed by atoms with Crippen LogP contribution in [0.15, 0.2) is 6.20 Å². The summed E-state index contributed by atoms with van der Waals surface area (Å²) in [6.45, 7) is 1.40. The summed E-state index contributed by atoms with van der Waals surface area (Å²) in [6, 6.07) is 0. The number of primary amides is 1. The molecular formula is C7H6ClFN2O2. The Hall–Kier alpha value is -1.36. The lowest BCUT2D eigenvalue weighted by molar-refractivity contribution is 0.210.